The Hall–Kier alpha value is -6.02. The first-order valence-corrected chi connectivity index (χ1v) is 26.9. The molecule has 7 rings (SSSR count). The molecule has 4 amide bonds. The number of ether oxygens (including phenoxy) is 6. The van der Waals surface area contributed by atoms with E-state index in [4.69, 9.17) is 28.4 Å². The van der Waals surface area contributed by atoms with Crippen LogP contribution < -0.4 is 5.32 Å². The molecule has 2 aliphatic carbocycles. The lowest BCUT2D eigenvalue weighted by Crippen LogP contribution is -2.56. The fraction of sp³-hybridized carbons (Fsp3) is 0.649. The van der Waals surface area contributed by atoms with Gasteiger partial charge in [-0.15, -0.1) is 0 Å². The van der Waals surface area contributed by atoms with Crippen LogP contribution in [0, 0.1) is 0 Å². The summed E-state index contributed by atoms with van der Waals surface area (Å²) < 4.78 is 65.7. The fourth-order valence-electron chi connectivity index (χ4n) is 10.5. The van der Waals surface area contributed by atoms with E-state index >= 15 is 8.78 Å². The van der Waals surface area contributed by atoms with Crippen LogP contribution in [-0.4, -0.2) is 169 Å². The van der Waals surface area contributed by atoms with Gasteiger partial charge in [-0.25, -0.2) is 28.0 Å². The van der Waals surface area contributed by atoms with Crippen molar-refractivity contribution in [3.63, 3.8) is 0 Å². The van der Waals surface area contributed by atoms with Crippen LogP contribution in [0.5, 0.6) is 0 Å². The zero-order valence-electron chi connectivity index (χ0n) is 45.9. The molecule has 0 unspecified atom stereocenters. The summed E-state index contributed by atoms with van der Waals surface area (Å²) in [5.74, 6) is -7.43. The van der Waals surface area contributed by atoms with Crippen molar-refractivity contribution < 1.29 is 75.6 Å². The number of hydrogen-bond acceptors (Lipinski definition) is 14. The van der Waals surface area contributed by atoms with Crippen LogP contribution in [0.15, 0.2) is 48.5 Å². The minimum absolute atomic E-state index is 0.0871. The molecule has 2 aromatic carbocycles. The number of cyclic esters (lactones) is 4. The van der Waals surface area contributed by atoms with Crippen molar-refractivity contribution >= 4 is 47.5 Å². The number of carbonyl (C=O) groups is 8. The smallest absolute Gasteiger partial charge is 0.332 e. The van der Waals surface area contributed by atoms with E-state index < -0.39 is 119 Å². The lowest BCUT2D eigenvalue weighted by atomic mass is 9.90. The summed E-state index contributed by atoms with van der Waals surface area (Å²) in [6.07, 6.45) is -4.49. The molecule has 5 aliphatic rings. The molecule has 20 heteroatoms. The van der Waals surface area contributed by atoms with Crippen molar-refractivity contribution in [1.82, 2.24) is 20.0 Å². The number of amides is 4. The summed E-state index contributed by atoms with van der Waals surface area (Å²) >= 11 is 0. The Morgan fingerprint density at radius 3 is 1.32 bits per heavy atom. The Bertz CT molecular complexity index is 2490. The molecule has 5 fully saturated rings. The first-order valence-electron chi connectivity index (χ1n) is 26.9. The molecule has 2 spiro atoms. The lowest BCUT2D eigenvalue weighted by Gasteiger charge is -2.35. The van der Waals surface area contributed by atoms with Crippen LogP contribution in [0.3, 0.4) is 0 Å². The number of rotatable bonds is 10. The largest absolute Gasteiger partial charge is 0.451 e. The fourth-order valence-corrected chi connectivity index (χ4v) is 10.5. The van der Waals surface area contributed by atoms with E-state index in [1.807, 2.05) is 24.3 Å². The third kappa shape index (κ3) is 14.4. The highest BCUT2D eigenvalue weighted by Gasteiger charge is 2.60. The molecule has 3 heterocycles. The van der Waals surface area contributed by atoms with Gasteiger partial charge in [0.2, 0.25) is 0 Å². The van der Waals surface area contributed by atoms with Gasteiger partial charge in [0, 0.05) is 73.3 Å². The lowest BCUT2D eigenvalue weighted by molar-refractivity contribution is -0.175. The molecule has 422 valence electrons. The first-order chi connectivity index (χ1) is 36.2. The maximum absolute atomic E-state index is 15.7. The summed E-state index contributed by atoms with van der Waals surface area (Å²) in [4.78, 5) is 118. The molecule has 18 nitrogen and oxygen atoms in total. The van der Waals surface area contributed by atoms with Gasteiger partial charge in [-0.3, -0.25) is 19.2 Å². The minimum Gasteiger partial charge on any atom is -0.451 e. The number of hydrogen-bond donors (Lipinski definition) is 1. The monoisotopic (exact) mass is 1080 g/mol. The second-order valence-electron chi connectivity index (χ2n) is 22.8. The summed E-state index contributed by atoms with van der Waals surface area (Å²) in [6.45, 7) is 9.74. The zero-order chi connectivity index (χ0) is 56.2. The van der Waals surface area contributed by atoms with Crippen LogP contribution in [0.25, 0.3) is 0 Å². The Kier molecular flexibility index (Phi) is 18.2. The highest BCUT2D eigenvalue weighted by Crippen LogP contribution is 2.44. The van der Waals surface area contributed by atoms with Crippen LogP contribution in [-0.2, 0) is 79.6 Å². The van der Waals surface area contributed by atoms with E-state index in [9.17, 15) is 38.4 Å². The van der Waals surface area contributed by atoms with Crippen molar-refractivity contribution in [2.24, 2.45) is 0 Å². The first kappa shape index (κ1) is 58.7. The van der Waals surface area contributed by atoms with Gasteiger partial charge in [-0.2, -0.15) is 0 Å². The van der Waals surface area contributed by atoms with Gasteiger partial charge in [0.05, 0.1) is 0 Å². The molecule has 0 bridgehead atoms. The van der Waals surface area contributed by atoms with Crippen LogP contribution in [0.2, 0.25) is 0 Å². The molecular weight excluding hydrogens is 1000 g/mol. The van der Waals surface area contributed by atoms with Crippen molar-refractivity contribution in [2.45, 2.75) is 189 Å². The summed E-state index contributed by atoms with van der Waals surface area (Å²) in [5.41, 5.74) is -4.19. The molecule has 2 aromatic rings. The Balaban J connectivity index is 1.22. The number of likely N-dealkylation sites (N-methyl/N-ethyl adjacent to an activating group) is 3. The van der Waals surface area contributed by atoms with E-state index in [1.165, 1.54) is 62.7 Å². The quantitative estimate of drug-likeness (QED) is 0.229. The topological polar surface area (TPSA) is 214 Å². The van der Waals surface area contributed by atoms with Crippen LogP contribution >= 0.6 is 0 Å². The summed E-state index contributed by atoms with van der Waals surface area (Å²) in [5, 5.41) is 2.45. The molecule has 0 aromatic heterocycles. The summed E-state index contributed by atoms with van der Waals surface area (Å²) in [6, 6.07) is 11.5. The number of alkyl halides is 2. The van der Waals surface area contributed by atoms with E-state index in [0.717, 1.165) is 51.5 Å². The van der Waals surface area contributed by atoms with Crippen LogP contribution in [0.1, 0.15) is 140 Å². The van der Waals surface area contributed by atoms with E-state index in [2.05, 4.69) is 5.32 Å². The molecule has 6 atom stereocenters. The highest BCUT2D eigenvalue weighted by atomic mass is 19.1. The third-order valence-corrected chi connectivity index (χ3v) is 15.7. The van der Waals surface area contributed by atoms with Crippen molar-refractivity contribution in [2.75, 3.05) is 47.6 Å². The predicted molar refractivity (Wildman–Crippen MR) is 274 cm³/mol. The van der Waals surface area contributed by atoms with E-state index in [1.54, 1.807) is 24.3 Å². The number of nitrogens with one attached hydrogen (secondary N) is 1. The zero-order valence-corrected chi connectivity index (χ0v) is 45.9. The molecule has 1 N–H and O–H groups in total. The van der Waals surface area contributed by atoms with Gasteiger partial charge in [0.15, 0.2) is 24.4 Å². The van der Waals surface area contributed by atoms with Gasteiger partial charge >= 0.3 is 23.9 Å². The van der Waals surface area contributed by atoms with Gasteiger partial charge in [-0.1, -0.05) is 48.5 Å². The number of esters is 4. The number of benzene rings is 2. The molecule has 3 aliphatic heterocycles. The normalized spacial score (nSPS) is 27.1. The number of carbonyl (C=O) groups excluding carboxylic acids is 8. The van der Waals surface area contributed by atoms with Crippen molar-refractivity contribution in [3.05, 3.63) is 70.8 Å². The molecule has 77 heavy (non-hydrogen) atoms. The Morgan fingerprint density at radius 1 is 0.545 bits per heavy atom. The second kappa shape index (κ2) is 23.9. The standard InChI is InChI=1S/C57H76F2N4O14/c1-34-46(64)60-42(32-54(3,4)58)50(68)76-44(30-36-10-14-38(15-11-36)40-18-26-72-27-19-40)48(66)62(8)57(24-25-57)53(71)75-35(2)47(65)61(7)43(33-55(5,6)59)51(69)77-45(49(67)63(9)56(22-23-56)52(70)74-34)31-37-12-16-39(17-13-37)41-20-28-73-29-21-41/h10-17,34-35,40-45H,18-33H2,1-9H3,(H,60,64)/t34-,35-,42+,43+,44-,45-/m1/s1. The average Bonchev–Trinajstić information content (AvgIpc) is 4.37. The molecule has 3 saturated heterocycles. The number of nitrogens with zero attached hydrogens (tertiary/aromatic N) is 3. The number of halogens is 2. The van der Waals surface area contributed by atoms with Gasteiger partial charge < -0.3 is 48.4 Å². The Labute approximate surface area is 449 Å². The van der Waals surface area contributed by atoms with E-state index in [-0.39, 0.29) is 50.4 Å². The molecular formula is C57H76F2N4O14. The summed E-state index contributed by atoms with van der Waals surface area (Å²) in [7, 11) is 3.87. The third-order valence-electron chi connectivity index (χ3n) is 15.7. The van der Waals surface area contributed by atoms with Gasteiger partial charge in [0.25, 0.3) is 23.6 Å². The van der Waals surface area contributed by atoms with Crippen LogP contribution in [0.4, 0.5) is 8.78 Å². The van der Waals surface area contributed by atoms with Gasteiger partial charge in [-0.05, 0) is 127 Å². The molecule has 2 saturated carbocycles. The Morgan fingerprint density at radius 2 is 0.935 bits per heavy atom. The second-order valence-corrected chi connectivity index (χ2v) is 22.8. The SMILES string of the molecule is C[C@H]1OC(=O)C2(CC2)N(C)C(=O)[C@@H](Cc2ccc(C3CCOCC3)cc2)OC(=O)[C@H](CC(C)(C)F)N(C)C(=O)[C@@H](C)OC(=O)C2(CC2)N(C)C(=O)[C@@H](Cc2ccc(C3CCOCC3)cc2)OC(=O)[C@H](CC(C)(C)F)NC1=O. The minimum atomic E-state index is -2.09. The van der Waals surface area contributed by atoms with Crippen molar-refractivity contribution in [1.29, 1.82) is 0 Å². The van der Waals surface area contributed by atoms with Crippen molar-refractivity contribution in [3.8, 4) is 0 Å². The highest BCUT2D eigenvalue weighted by molar-refractivity contribution is 5.97. The maximum Gasteiger partial charge on any atom is 0.332 e. The predicted octanol–water partition coefficient (Wildman–Crippen LogP) is 5.53. The average molecular weight is 1080 g/mol. The maximum atomic E-state index is 15.7. The van der Waals surface area contributed by atoms with E-state index in [0.29, 0.717) is 37.6 Å². The molecule has 0 radical (unpaired) electrons. The van der Waals surface area contributed by atoms with Gasteiger partial charge in [0.1, 0.15) is 34.5 Å².